The molecule has 0 N–H and O–H groups in total. The average molecular weight is 315 g/mol. The molecule has 0 spiro atoms. The van der Waals surface area contributed by atoms with Crippen LogP contribution in [0, 0.1) is 13.8 Å². The largest absolute Gasteiger partial charge is 0.243 e. The van der Waals surface area contributed by atoms with E-state index in [-0.39, 0.29) is 6.04 Å². The molecule has 1 saturated heterocycles. The summed E-state index contributed by atoms with van der Waals surface area (Å²) in [5.41, 5.74) is 3.34. The van der Waals surface area contributed by atoms with Gasteiger partial charge in [-0.2, -0.15) is 4.31 Å². The molecule has 116 valence electrons. The Labute approximate surface area is 132 Å². The van der Waals surface area contributed by atoms with E-state index in [2.05, 4.69) is 0 Å². The second-order valence-electron chi connectivity index (χ2n) is 6.00. The summed E-state index contributed by atoms with van der Waals surface area (Å²) < 4.78 is 27.5. The Hall–Kier alpha value is -1.65. The first-order valence-electron chi connectivity index (χ1n) is 7.63. The molecule has 0 radical (unpaired) electrons. The van der Waals surface area contributed by atoms with Gasteiger partial charge in [-0.15, -0.1) is 0 Å². The molecule has 3 rings (SSSR count). The first-order chi connectivity index (χ1) is 10.5. The molecular weight excluding hydrogens is 294 g/mol. The molecule has 2 aromatic carbocycles. The van der Waals surface area contributed by atoms with Gasteiger partial charge in [0.25, 0.3) is 0 Å². The normalized spacial score (nSPS) is 19.5. The topological polar surface area (TPSA) is 37.4 Å². The fourth-order valence-corrected chi connectivity index (χ4v) is 4.68. The van der Waals surface area contributed by atoms with Crippen LogP contribution in [0.25, 0.3) is 0 Å². The van der Waals surface area contributed by atoms with Crippen molar-refractivity contribution in [3.63, 3.8) is 0 Å². The molecule has 0 aromatic heterocycles. The SMILES string of the molecule is Cc1ccc(C2CCCN2S(=O)(=O)c2ccc(C)cc2)cc1. The van der Waals surface area contributed by atoms with Gasteiger partial charge in [-0.25, -0.2) is 8.42 Å². The van der Waals surface area contributed by atoms with Gasteiger partial charge in [0, 0.05) is 6.54 Å². The highest BCUT2D eigenvalue weighted by Gasteiger charge is 2.35. The molecule has 1 heterocycles. The molecule has 1 aliphatic heterocycles. The summed E-state index contributed by atoms with van der Waals surface area (Å²) in [7, 11) is -3.43. The molecular formula is C18H21NO2S. The summed E-state index contributed by atoms with van der Waals surface area (Å²) in [6, 6.07) is 15.2. The van der Waals surface area contributed by atoms with Crippen LogP contribution in [0.5, 0.6) is 0 Å². The number of benzene rings is 2. The lowest BCUT2D eigenvalue weighted by atomic mass is 10.0. The van der Waals surface area contributed by atoms with Crippen LogP contribution in [-0.2, 0) is 10.0 Å². The van der Waals surface area contributed by atoms with Gasteiger partial charge >= 0.3 is 0 Å². The number of nitrogens with zero attached hydrogens (tertiary/aromatic N) is 1. The third-order valence-electron chi connectivity index (χ3n) is 4.29. The molecule has 0 aliphatic carbocycles. The van der Waals surface area contributed by atoms with Gasteiger partial charge in [-0.3, -0.25) is 0 Å². The Morgan fingerprint density at radius 2 is 1.45 bits per heavy atom. The van der Waals surface area contributed by atoms with Crippen LogP contribution >= 0.6 is 0 Å². The van der Waals surface area contributed by atoms with E-state index in [0.717, 1.165) is 24.0 Å². The number of hydrogen-bond donors (Lipinski definition) is 0. The van der Waals surface area contributed by atoms with Crippen molar-refractivity contribution >= 4 is 10.0 Å². The average Bonchev–Trinajstić information content (AvgIpc) is 2.99. The van der Waals surface area contributed by atoms with E-state index in [1.165, 1.54) is 5.56 Å². The zero-order valence-corrected chi connectivity index (χ0v) is 13.8. The number of aryl methyl sites for hydroxylation is 2. The Morgan fingerprint density at radius 1 is 0.909 bits per heavy atom. The van der Waals surface area contributed by atoms with Gasteiger partial charge in [-0.05, 0) is 44.4 Å². The maximum atomic E-state index is 12.9. The van der Waals surface area contributed by atoms with Gasteiger partial charge < -0.3 is 0 Å². The Balaban J connectivity index is 1.95. The van der Waals surface area contributed by atoms with Gasteiger partial charge in [0.15, 0.2) is 0 Å². The highest BCUT2D eigenvalue weighted by Crippen LogP contribution is 2.36. The van der Waals surface area contributed by atoms with Crippen molar-refractivity contribution in [2.75, 3.05) is 6.54 Å². The summed E-state index contributed by atoms with van der Waals surface area (Å²) in [4.78, 5) is 0.386. The number of sulfonamides is 1. The van der Waals surface area contributed by atoms with Crippen LogP contribution < -0.4 is 0 Å². The van der Waals surface area contributed by atoms with Gasteiger partial charge in [-0.1, -0.05) is 47.5 Å². The lowest BCUT2D eigenvalue weighted by Gasteiger charge is -2.24. The summed E-state index contributed by atoms with van der Waals surface area (Å²) >= 11 is 0. The lowest BCUT2D eigenvalue weighted by molar-refractivity contribution is 0.396. The highest BCUT2D eigenvalue weighted by molar-refractivity contribution is 7.89. The fraction of sp³-hybridized carbons (Fsp3) is 0.333. The van der Waals surface area contributed by atoms with Crippen molar-refractivity contribution in [3.05, 3.63) is 65.2 Å². The van der Waals surface area contributed by atoms with Crippen LogP contribution in [-0.4, -0.2) is 19.3 Å². The van der Waals surface area contributed by atoms with E-state index >= 15 is 0 Å². The van der Waals surface area contributed by atoms with Crippen LogP contribution in [0.2, 0.25) is 0 Å². The van der Waals surface area contributed by atoms with Crippen LogP contribution in [0.3, 0.4) is 0 Å². The van der Waals surface area contributed by atoms with Crippen molar-refractivity contribution in [2.45, 2.75) is 37.6 Å². The third-order valence-corrected chi connectivity index (χ3v) is 6.22. The first kappa shape index (κ1) is 15.3. The minimum atomic E-state index is -3.43. The van der Waals surface area contributed by atoms with E-state index in [0.29, 0.717) is 11.4 Å². The summed E-state index contributed by atoms with van der Waals surface area (Å²) in [5, 5.41) is 0. The van der Waals surface area contributed by atoms with E-state index in [9.17, 15) is 8.42 Å². The molecule has 22 heavy (non-hydrogen) atoms. The Kier molecular flexibility index (Phi) is 4.06. The highest BCUT2D eigenvalue weighted by atomic mass is 32.2. The van der Waals surface area contributed by atoms with E-state index in [1.54, 1.807) is 16.4 Å². The molecule has 4 heteroatoms. The first-order valence-corrected chi connectivity index (χ1v) is 9.07. The second kappa shape index (κ2) is 5.86. The Morgan fingerprint density at radius 3 is 2.05 bits per heavy atom. The van der Waals surface area contributed by atoms with Crippen LogP contribution in [0.15, 0.2) is 53.4 Å². The van der Waals surface area contributed by atoms with Crippen molar-refractivity contribution in [3.8, 4) is 0 Å². The quantitative estimate of drug-likeness (QED) is 0.863. The predicted octanol–water partition coefficient (Wildman–Crippen LogP) is 3.83. The second-order valence-corrected chi connectivity index (χ2v) is 7.89. The molecule has 1 aliphatic rings. The van der Waals surface area contributed by atoms with Crippen LogP contribution in [0.4, 0.5) is 0 Å². The molecule has 0 amide bonds. The van der Waals surface area contributed by atoms with Gasteiger partial charge in [0.1, 0.15) is 0 Å². The van der Waals surface area contributed by atoms with Gasteiger partial charge in [0.05, 0.1) is 10.9 Å². The smallest absolute Gasteiger partial charge is 0.207 e. The maximum absolute atomic E-state index is 12.9. The zero-order valence-electron chi connectivity index (χ0n) is 13.0. The third kappa shape index (κ3) is 2.81. The lowest BCUT2D eigenvalue weighted by Crippen LogP contribution is -2.30. The molecule has 0 saturated carbocycles. The number of hydrogen-bond acceptors (Lipinski definition) is 2. The fourth-order valence-electron chi connectivity index (χ4n) is 3.00. The van der Waals surface area contributed by atoms with E-state index in [4.69, 9.17) is 0 Å². The van der Waals surface area contributed by atoms with Crippen molar-refractivity contribution in [1.29, 1.82) is 0 Å². The van der Waals surface area contributed by atoms with Crippen LogP contribution in [0.1, 0.15) is 35.6 Å². The number of rotatable bonds is 3. The molecule has 1 fully saturated rings. The Bertz CT molecular complexity index is 749. The maximum Gasteiger partial charge on any atom is 0.243 e. The molecule has 3 nitrogen and oxygen atoms in total. The minimum absolute atomic E-state index is 0.0492. The minimum Gasteiger partial charge on any atom is -0.207 e. The van der Waals surface area contributed by atoms with E-state index < -0.39 is 10.0 Å². The zero-order chi connectivity index (χ0) is 15.7. The van der Waals surface area contributed by atoms with E-state index in [1.807, 2.05) is 50.2 Å². The standard InChI is InChI=1S/C18H21NO2S/c1-14-5-9-16(10-6-14)18-4-3-13-19(18)22(20,21)17-11-7-15(2)8-12-17/h5-12,18H,3-4,13H2,1-2H3. The predicted molar refractivity (Wildman–Crippen MR) is 88.2 cm³/mol. The summed E-state index contributed by atoms with van der Waals surface area (Å²) in [6.45, 7) is 4.59. The van der Waals surface area contributed by atoms with Gasteiger partial charge in [0.2, 0.25) is 10.0 Å². The van der Waals surface area contributed by atoms with Crippen molar-refractivity contribution in [1.82, 2.24) is 4.31 Å². The molecule has 0 bridgehead atoms. The molecule has 1 atom stereocenters. The summed E-state index contributed by atoms with van der Waals surface area (Å²) in [6.07, 6.45) is 1.79. The van der Waals surface area contributed by atoms with Crippen molar-refractivity contribution in [2.24, 2.45) is 0 Å². The summed E-state index contributed by atoms with van der Waals surface area (Å²) in [5.74, 6) is 0. The monoisotopic (exact) mass is 315 g/mol. The molecule has 2 aromatic rings. The molecule has 1 unspecified atom stereocenters. The van der Waals surface area contributed by atoms with Crippen molar-refractivity contribution < 1.29 is 8.42 Å².